The van der Waals surface area contributed by atoms with E-state index in [1.807, 2.05) is 30.4 Å². The summed E-state index contributed by atoms with van der Waals surface area (Å²) in [7, 11) is -5.12. The molecule has 1 aliphatic carbocycles. The maximum atomic E-state index is 12.7. The van der Waals surface area contributed by atoms with E-state index >= 15 is 0 Å². The maximum Gasteiger partial charge on any atom is 0.472 e. The van der Waals surface area contributed by atoms with E-state index in [4.69, 9.17) is 18.5 Å². The van der Waals surface area contributed by atoms with Gasteiger partial charge < -0.3 is 39.9 Å². The summed E-state index contributed by atoms with van der Waals surface area (Å²) in [4.78, 5) is 35.2. The molecule has 1 saturated carbocycles. The molecule has 49 heavy (non-hydrogen) atoms. The largest absolute Gasteiger partial charge is 0.472 e. The van der Waals surface area contributed by atoms with Crippen LogP contribution in [0.1, 0.15) is 103 Å². The third-order valence-electron chi connectivity index (χ3n) is 7.81. The molecule has 0 radical (unpaired) electrons. The van der Waals surface area contributed by atoms with Gasteiger partial charge in [-0.15, -0.1) is 6.58 Å². The van der Waals surface area contributed by atoms with Crippen LogP contribution in [0.25, 0.3) is 0 Å². The van der Waals surface area contributed by atoms with Crippen molar-refractivity contribution in [2.45, 2.75) is 146 Å². The molecule has 1 rings (SSSR count). The number of esters is 2. The second-order valence-corrected chi connectivity index (χ2v) is 13.5. The lowest BCUT2D eigenvalue weighted by molar-refractivity contribution is -0.220. The Morgan fingerprint density at radius 3 is 1.80 bits per heavy atom. The second-order valence-electron chi connectivity index (χ2n) is 12.1. The highest BCUT2D eigenvalue weighted by Crippen LogP contribution is 2.47. The van der Waals surface area contributed by atoms with Gasteiger partial charge in [0.05, 0.1) is 6.61 Å². The lowest BCUT2D eigenvalue weighted by Crippen LogP contribution is -2.64. The van der Waals surface area contributed by atoms with Crippen LogP contribution in [-0.4, -0.2) is 98.3 Å². The Morgan fingerprint density at radius 2 is 1.20 bits per heavy atom. The summed E-state index contributed by atoms with van der Waals surface area (Å²) in [5.41, 5.74) is 0. The average Bonchev–Trinajstić information content (AvgIpc) is 3.07. The van der Waals surface area contributed by atoms with Crippen LogP contribution in [0.2, 0.25) is 0 Å². The summed E-state index contributed by atoms with van der Waals surface area (Å²) in [5, 5.41) is 49.7. The standard InChI is InChI=1S/C35H59O13P/c1-3-5-7-9-11-13-14-15-16-18-20-22-24-29(37)47-27(25-45-28(36)23-21-19-17-12-10-8-6-4-2)26-46-49(43,44)48-35-33(41)31(39)30(38)32(40)34(35)42/h3,7,9,13-14,16,18,27,30-35,38-42H,1,4-6,8,10-12,15,17,19-26H2,2H3,(H,43,44)/b9-7+,14-13+,18-16+/t27-,30?,31-,32+,33-,34-,35?/m1/s1. The molecular weight excluding hydrogens is 659 g/mol. The Kier molecular flexibility index (Phi) is 24.3. The van der Waals surface area contributed by atoms with E-state index in [0.29, 0.717) is 19.3 Å². The lowest BCUT2D eigenvalue weighted by Gasteiger charge is -2.41. The van der Waals surface area contributed by atoms with E-state index in [0.717, 1.165) is 44.9 Å². The Morgan fingerprint density at radius 1 is 0.694 bits per heavy atom. The van der Waals surface area contributed by atoms with Crippen molar-refractivity contribution < 1.29 is 63.1 Å². The summed E-state index contributed by atoms with van der Waals surface area (Å²) in [6, 6.07) is 0. The van der Waals surface area contributed by atoms with Crippen molar-refractivity contribution in [2.75, 3.05) is 13.2 Å². The van der Waals surface area contributed by atoms with Crippen LogP contribution in [0, 0.1) is 0 Å². The Balaban J connectivity index is 2.64. The summed E-state index contributed by atoms with van der Waals surface area (Å²) in [6.07, 6.45) is 12.7. The van der Waals surface area contributed by atoms with Gasteiger partial charge in [-0.05, 0) is 38.5 Å². The van der Waals surface area contributed by atoms with Crippen LogP contribution in [-0.2, 0) is 32.7 Å². The molecule has 6 N–H and O–H groups in total. The van der Waals surface area contributed by atoms with Crippen LogP contribution >= 0.6 is 7.82 Å². The van der Waals surface area contributed by atoms with Crippen molar-refractivity contribution in [3.05, 3.63) is 49.1 Å². The molecule has 14 heteroatoms. The van der Waals surface area contributed by atoms with Gasteiger partial charge in [-0.25, -0.2) is 4.57 Å². The number of unbranched alkanes of at least 4 members (excludes halogenated alkanes) is 8. The Labute approximate surface area is 290 Å². The van der Waals surface area contributed by atoms with Crippen LogP contribution in [0.4, 0.5) is 0 Å². The summed E-state index contributed by atoms with van der Waals surface area (Å²) in [6.45, 7) is 4.60. The van der Waals surface area contributed by atoms with Crippen LogP contribution in [0.15, 0.2) is 49.1 Å². The van der Waals surface area contributed by atoms with Gasteiger partial charge in [0.15, 0.2) is 6.10 Å². The van der Waals surface area contributed by atoms with E-state index in [9.17, 15) is 44.6 Å². The number of ether oxygens (including phenoxy) is 2. The van der Waals surface area contributed by atoms with Gasteiger partial charge in [-0.3, -0.25) is 18.6 Å². The van der Waals surface area contributed by atoms with Crippen LogP contribution in [0.3, 0.4) is 0 Å². The van der Waals surface area contributed by atoms with Gasteiger partial charge in [0, 0.05) is 12.8 Å². The van der Waals surface area contributed by atoms with Gasteiger partial charge >= 0.3 is 19.8 Å². The lowest BCUT2D eigenvalue weighted by atomic mass is 9.85. The number of carbonyl (C=O) groups is 2. The van der Waals surface area contributed by atoms with Crippen molar-refractivity contribution in [3.63, 3.8) is 0 Å². The molecule has 13 nitrogen and oxygen atoms in total. The first-order valence-corrected chi connectivity index (χ1v) is 18.9. The molecule has 1 fully saturated rings. The Bertz CT molecular complexity index is 1050. The predicted octanol–water partition coefficient (Wildman–Crippen LogP) is 4.49. The molecule has 0 aromatic heterocycles. The van der Waals surface area contributed by atoms with Crippen molar-refractivity contribution in [1.82, 2.24) is 0 Å². The Hall–Kier alpha value is -2.19. The van der Waals surface area contributed by atoms with E-state index in [1.54, 1.807) is 0 Å². The van der Waals surface area contributed by atoms with Gasteiger partial charge in [0.2, 0.25) is 0 Å². The number of allylic oxidation sites excluding steroid dienone is 7. The number of aliphatic hydroxyl groups is 5. The van der Waals surface area contributed by atoms with E-state index < -0.39 is 75.7 Å². The molecule has 0 heterocycles. The normalized spacial score (nSPS) is 24.7. The SMILES string of the molecule is C=CC/C=C/C/C=C/C/C=C/CCCC(=O)O[C@H](COC(=O)CCCCCCCCCC)COP(=O)(O)OC1[C@H](O)[C@H](O)C(O)[C@H](O)[C@H]1O. The molecule has 8 atom stereocenters. The quantitative estimate of drug-likeness (QED) is 0.0300. The van der Waals surface area contributed by atoms with Gasteiger partial charge in [-0.1, -0.05) is 94.4 Å². The molecule has 1 aliphatic rings. The molecule has 0 aliphatic heterocycles. The topological polar surface area (TPSA) is 210 Å². The first-order valence-electron chi connectivity index (χ1n) is 17.4. The minimum absolute atomic E-state index is 0.0167. The van der Waals surface area contributed by atoms with Crippen molar-refractivity contribution >= 4 is 19.8 Å². The van der Waals surface area contributed by atoms with E-state index in [-0.39, 0.29) is 12.8 Å². The fraction of sp³-hybridized carbons (Fsp3) is 0.714. The molecule has 0 bridgehead atoms. The fourth-order valence-corrected chi connectivity index (χ4v) is 5.89. The van der Waals surface area contributed by atoms with E-state index in [2.05, 4.69) is 25.7 Å². The van der Waals surface area contributed by atoms with Crippen molar-refractivity contribution in [1.29, 1.82) is 0 Å². The second kappa shape index (κ2) is 26.6. The average molecular weight is 719 g/mol. The highest BCUT2D eigenvalue weighted by atomic mass is 31.2. The van der Waals surface area contributed by atoms with Crippen molar-refractivity contribution in [2.24, 2.45) is 0 Å². The molecule has 3 unspecified atom stereocenters. The zero-order valence-corrected chi connectivity index (χ0v) is 29.7. The molecule has 0 saturated heterocycles. The first kappa shape index (κ1) is 44.8. The third kappa shape index (κ3) is 20.3. The monoisotopic (exact) mass is 718 g/mol. The van der Waals surface area contributed by atoms with Crippen LogP contribution in [0.5, 0.6) is 0 Å². The summed E-state index contributed by atoms with van der Waals surface area (Å²) < 4.78 is 33.1. The smallest absolute Gasteiger partial charge is 0.462 e. The van der Waals surface area contributed by atoms with Crippen LogP contribution < -0.4 is 0 Å². The zero-order valence-electron chi connectivity index (χ0n) is 28.8. The number of rotatable bonds is 27. The summed E-state index contributed by atoms with van der Waals surface area (Å²) in [5.74, 6) is -1.18. The molecule has 0 aromatic carbocycles. The summed E-state index contributed by atoms with van der Waals surface area (Å²) >= 11 is 0. The highest BCUT2D eigenvalue weighted by Gasteiger charge is 2.51. The molecule has 0 amide bonds. The number of hydrogen-bond acceptors (Lipinski definition) is 12. The van der Waals surface area contributed by atoms with Gasteiger partial charge in [0.25, 0.3) is 0 Å². The fourth-order valence-electron chi connectivity index (χ4n) is 4.92. The van der Waals surface area contributed by atoms with Gasteiger partial charge in [-0.2, -0.15) is 0 Å². The zero-order chi connectivity index (χ0) is 36.5. The third-order valence-corrected chi connectivity index (χ3v) is 8.80. The minimum atomic E-state index is -5.12. The predicted molar refractivity (Wildman–Crippen MR) is 184 cm³/mol. The molecular formula is C35H59O13P. The molecule has 0 aromatic rings. The first-order chi connectivity index (χ1) is 23.4. The number of phosphoric ester groups is 1. The minimum Gasteiger partial charge on any atom is -0.462 e. The molecule has 0 spiro atoms. The number of aliphatic hydroxyl groups excluding tert-OH is 5. The van der Waals surface area contributed by atoms with Crippen molar-refractivity contribution in [3.8, 4) is 0 Å². The maximum absolute atomic E-state index is 12.7. The van der Waals surface area contributed by atoms with E-state index in [1.165, 1.54) is 19.3 Å². The number of hydrogen-bond donors (Lipinski definition) is 6. The number of phosphoric acid groups is 1. The van der Waals surface area contributed by atoms with Gasteiger partial charge in [0.1, 0.15) is 43.2 Å². The highest BCUT2D eigenvalue weighted by molar-refractivity contribution is 7.47. The molecule has 282 valence electrons. The number of carbonyl (C=O) groups excluding carboxylic acids is 2.